The molecule has 7 heteroatoms. The smallest absolute Gasteiger partial charge is 0.231 e. The third-order valence-electron chi connectivity index (χ3n) is 4.36. The second-order valence-corrected chi connectivity index (χ2v) is 7.03. The van der Waals surface area contributed by atoms with Gasteiger partial charge < -0.3 is 0 Å². The Kier molecular flexibility index (Phi) is 3.42. The Labute approximate surface area is 136 Å². The lowest BCUT2D eigenvalue weighted by Crippen LogP contribution is -2.55. The fourth-order valence-corrected chi connectivity index (χ4v) is 3.96. The SMILES string of the molecule is CC1(C)C(=O)C(C#N)=C[C@@]2(P)C(=N)N(c3ncccn3)CC=C12. The van der Waals surface area contributed by atoms with Crippen molar-refractivity contribution in [3.63, 3.8) is 0 Å². The first-order valence-corrected chi connectivity index (χ1v) is 7.71. The molecule has 0 spiro atoms. The highest BCUT2D eigenvalue weighted by Crippen LogP contribution is 2.50. The van der Waals surface area contributed by atoms with Gasteiger partial charge in [-0.05, 0) is 31.6 Å². The lowest BCUT2D eigenvalue weighted by Gasteiger charge is -2.47. The number of hydrogen-bond acceptors (Lipinski definition) is 5. The summed E-state index contributed by atoms with van der Waals surface area (Å²) >= 11 is 0. The Balaban J connectivity index is 2.17. The topological polar surface area (TPSA) is 93.7 Å². The largest absolute Gasteiger partial charge is 0.294 e. The quantitative estimate of drug-likeness (QED) is 0.628. The first-order valence-electron chi connectivity index (χ1n) is 7.13. The third-order valence-corrected chi connectivity index (χ3v) is 5.11. The van der Waals surface area contributed by atoms with Gasteiger partial charge in [0, 0.05) is 18.9 Å². The Morgan fingerprint density at radius 3 is 2.65 bits per heavy atom. The number of carbonyl (C=O) groups is 1. The molecule has 1 aromatic heterocycles. The van der Waals surface area contributed by atoms with Crippen molar-refractivity contribution in [2.45, 2.75) is 19.0 Å². The van der Waals surface area contributed by atoms with Crippen LogP contribution in [-0.2, 0) is 4.79 Å². The van der Waals surface area contributed by atoms with Crippen molar-refractivity contribution < 1.29 is 4.79 Å². The number of ketones is 1. The molecule has 23 heavy (non-hydrogen) atoms. The molecule has 3 rings (SSSR count). The highest BCUT2D eigenvalue weighted by molar-refractivity contribution is 7.22. The van der Waals surface area contributed by atoms with Gasteiger partial charge in [-0.1, -0.05) is 6.08 Å². The van der Waals surface area contributed by atoms with Crippen molar-refractivity contribution in [2.75, 3.05) is 11.4 Å². The maximum atomic E-state index is 12.5. The molecule has 0 fully saturated rings. The second kappa shape index (κ2) is 5.07. The number of Topliss-reactive ketones (excluding diaryl/α,β-unsaturated/α-hetero) is 1. The fraction of sp³-hybridized carbons (Fsp3) is 0.312. The summed E-state index contributed by atoms with van der Waals surface area (Å²) in [5, 5.41) is 17.0. The van der Waals surface area contributed by atoms with E-state index in [4.69, 9.17) is 5.41 Å². The fourth-order valence-electron chi connectivity index (χ4n) is 3.16. The maximum Gasteiger partial charge on any atom is 0.231 e. The third kappa shape index (κ3) is 2.12. The molecule has 1 N–H and O–H groups in total. The predicted molar refractivity (Wildman–Crippen MR) is 90.1 cm³/mol. The number of aromatic nitrogens is 2. The van der Waals surface area contributed by atoms with E-state index in [0.717, 1.165) is 5.57 Å². The molecule has 1 aromatic rings. The van der Waals surface area contributed by atoms with Gasteiger partial charge in [-0.3, -0.25) is 15.1 Å². The number of fused-ring (bicyclic) bond motifs is 1. The highest BCUT2D eigenvalue weighted by atomic mass is 31.0. The minimum absolute atomic E-state index is 0.0859. The van der Waals surface area contributed by atoms with Crippen molar-refractivity contribution in [3.05, 3.63) is 41.8 Å². The van der Waals surface area contributed by atoms with E-state index in [1.165, 1.54) is 0 Å². The molecule has 0 amide bonds. The number of hydrogen-bond donors (Lipinski definition) is 1. The average molecular weight is 325 g/mol. The zero-order chi connectivity index (χ0) is 16.8. The monoisotopic (exact) mass is 325 g/mol. The van der Waals surface area contributed by atoms with E-state index in [1.54, 1.807) is 43.3 Å². The first-order chi connectivity index (χ1) is 10.8. The molecule has 0 bridgehead atoms. The van der Waals surface area contributed by atoms with Crippen LogP contribution >= 0.6 is 9.24 Å². The van der Waals surface area contributed by atoms with E-state index in [-0.39, 0.29) is 17.2 Å². The molecule has 0 aromatic carbocycles. The van der Waals surface area contributed by atoms with Crippen molar-refractivity contribution in [1.82, 2.24) is 9.97 Å². The van der Waals surface area contributed by atoms with Gasteiger partial charge in [0.1, 0.15) is 11.9 Å². The first kappa shape index (κ1) is 15.5. The van der Waals surface area contributed by atoms with E-state index < -0.39 is 10.6 Å². The van der Waals surface area contributed by atoms with Crippen LogP contribution in [0.25, 0.3) is 0 Å². The normalized spacial score (nSPS) is 26.1. The van der Waals surface area contributed by atoms with Gasteiger partial charge in [0.2, 0.25) is 5.95 Å². The van der Waals surface area contributed by atoms with E-state index in [0.29, 0.717) is 12.5 Å². The Bertz CT molecular complexity index is 806. The summed E-state index contributed by atoms with van der Waals surface area (Å²) in [6.07, 6.45) is 6.74. The molecule has 1 unspecified atom stereocenters. The van der Waals surface area contributed by atoms with Crippen LogP contribution in [0.1, 0.15) is 13.8 Å². The summed E-state index contributed by atoms with van der Waals surface area (Å²) in [6, 6.07) is 3.68. The van der Waals surface area contributed by atoms with Crippen molar-refractivity contribution in [3.8, 4) is 6.07 Å². The highest BCUT2D eigenvalue weighted by Gasteiger charge is 2.52. The lowest BCUT2D eigenvalue weighted by molar-refractivity contribution is -0.121. The van der Waals surface area contributed by atoms with Crippen molar-refractivity contribution in [2.24, 2.45) is 5.41 Å². The number of nitrogens with one attached hydrogen (secondary N) is 1. The van der Waals surface area contributed by atoms with Crippen LogP contribution in [0.15, 0.2) is 41.8 Å². The van der Waals surface area contributed by atoms with E-state index >= 15 is 0 Å². The number of carbonyl (C=O) groups excluding carboxylic acids is 1. The van der Waals surface area contributed by atoms with Crippen LogP contribution in [0.5, 0.6) is 0 Å². The van der Waals surface area contributed by atoms with Gasteiger partial charge in [0.05, 0.1) is 16.1 Å². The molecule has 2 atom stereocenters. The Hall–Kier alpha value is -2.38. The molecular formula is C16H16N5OP. The van der Waals surface area contributed by atoms with E-state index in [9.17, 15) is 10.1 Å². The van der Waals surface area contributed by atoms with Gasteiger partial charge in [-0.25, -0.2) is 9.97 Å². The summed E-state index contributed by atoms with van der Waals surface area (Å²) in [7, 11) is 2.63. The number of anilines is 1. The summed E-state index contributed by atoms with van der Waals surface area (Å²) in [5.41, 5.74) is 0.0798. The van der Waals surface area contributed by atoms with Crippen LogP contribution in [0, 0.1) is 22.2 Å². The second-order valence-electron chi connectivity index (χ2n) is 6.12. The van der Waals surface area contributed by atoms with Crippen LogP contribution < -0.4 is 4.90 Å². The zero-order valence-electron chi connectivity index (χ0n) is 12.9. The minimum Gasteiger partial charge on any atom is -0.294 e. The average Bonchev–Trinajstić information content (AvgIpc) is 2.54. The standard InChI is InChI=1S/C16H16N5OP/c1-15(2)11-4-7-21(14-19-5-3-6-20-14)13(18)16(11,23)8-10(9-17)12(15)22/h3-6,8,18H,7,23H2,1-2H3/t16-/m0/s1. The minimum atomic E-state index is -0.903. The number of amidine groups is 1. The van der Waals surface area contributed by atoms with Gasteiger partial charge in [-0.2, -0.15) is 5.26 Å². The van der Waals surface area contributed by atoms with Crippen LogP contribution in [0.3, 0.4) is 0 Å². The molecule has 0 saturated heterocycles. The van der Waals surface area contributed by atoms with E-state index in [2.05, 4.69) is 19.2 Å². The maximum absolute atomic E-state index is 12.5. The zero-order valence-corrected chi connectivity index (χ0v) is 14.0. The lowest BCUT2D eigenvalue weighted by atomic mass is 9.65. The molecule has 1 aliphatic carbocycles. The molecule has 0 radical (unpaired) electrons. The summed E-state index contributed by atoms with van der Waals surface area (Å²) < 4.78 is 0. The molecule has 0 saturated carbocycles. The summed E-state index contributed by atoms with van der Waals surface area (Å²) in [5.74, 6) is 0.456. The summed E-state index contributed by atoms with van der Waals surface area (Å²) in [4.78, 5) is 22.5. The predicted octanol–water partition coefficient (Wildman–Crippen LogP) is 1.87. The van der Waals surface area contributed by atoms with E-state index in [1.807, 2.05) is 12.1 Å². The van der Waals surface area contributed by atoms with Crippen LogP contribution in [0.4, 0.5) is 5.95 Å². The Morgan fingerprint density at radius 1 is 1.39 bits per heavy atom. The number of rotatable bonds is 1. The van der Waals surface area contributed by atoms with Gasteiger partial charge >= 0.3 is 0 Å². The van der Waals surface area contributed by atoms with Gasteiger partial charge in [0.25, 0.3) is 0 Å². The molecule has 2 aliphatic rings. The number of nitrogens with zero attached hydrogens (tertiary/aromatic N) is 4. The Morgan fingerprint density at radius 2 is 2.04 bits per heavy atom. The molecular weight excluding hydrogens is 309 g/mol. The van der Waals surface area contributed by atoms with Crippen LogP contribution in [-0.4, -0.2) is 33.3 Å². The number of nitriles is 1. The van der Waals surface area contributed by atoms with Crippen LogP contribution in [0.2, 0.25) is 0 Å². The van der Waals surface area contributed by atoms with Crippen molar-refractivity contribution in [1.29, 1.82) is 10.7 Å². The van der Waals surface area contributed by atoms with Gasteiger partial charge in [-0.15, -0.1) is 9.24 Å². The number of allylic oxidation sites excluding steroid dienone is 1. The molecule has 116 valence electrons. The molecule has 6 nitrogen and oxygen atoms in total. The molecule has 2 heterocycles. The van der Waals surface area contributed by atoms with Crippen molar-refractivity contribution >= 4 is 26.8 Å². The molecule has 1 aliphatic heterocycles. The van der Waals surface area contributed by atoms with Gasteiger partial charge in [0.15, 0.2) is 5.78 Å². The summed E-state index contributed by atoms with van der Waals surface area (Å²) in [6.45, 7) is 4.01.